The highest BCUT2D eigenvalue weighted by Crippen LogP contribution is 2.38. The molecular weight excluding hydrogens is 404 g/mol. The van der Waals surface area contributed by atoms with E-state index in [1.54, 1.807) is 0 Å². The van der Waals surface area contributed by atoms with Gasteiger partial charge in [0, 0.05) is 17.0 Å². The maximum Gasteiger partial charge on any atom is 0.251 e. The summed E-state index contributed by atoms with van der Waals surface area (Å²) in [4.78, 5) is 33.3. The van der Waals surface area contributed by atoms with Gasteiger partial charge in [-0.1, -0.05) is 42.1 Å². The van der Waals surface area contributed by atoms with Crippen molar-refractivity contribution in [2.24, 2.45) is 5.73 Å². The Morgan fingerprint density at radius 1 is 1.28 bits per heavy atom. The summed E-state index contributed by atoms with van der Waals surface area (Å²) in [6, 6.07) is 10.2. The van der Waals surface area contributed by atoms with Crippen LogP contribution in [0.4, 0.5) is 5.00 Å². The van der Waals surface area contributed by atoms with Gasteiger partial charge in [0.05, 0.1) is 17.0 Å². The molecule has 0 fully saturated rings. The summed E-state index contributed by atoms with van der Waals surface area (Å²) < 4.78 is 0. The van der Waals surface area contributed by atoms with E-state index in [0.29, 0.717) is 15.7 Å². The van der Waals surface area contributed by atoms with E-state index in [1.807, 2.05) is 25.1 Å². The van der Waals surface area contributed by atoms with E-state index in [4.69, 9.17) is 5.73 Å². The number of carbonyl (C=O) groups is 2. The molecule has 29 heavy (non-hydrogen) atoms. The van der Waals surface area contributed by atoms with Crippen LogP contribution in [-0.4, -0.2) is 27.5 Å². The van der Waals surface area contributed by atoms with Crippen molar-refractivity contribution < 1.29 is 9.59 Å². The lowest BCUT2D eigenvalue weighted by Gasteiger charge is -2.05. The molecule has 1 aromatic carbocycles. The van der Waals surface area contributed by atoms with Crippen LogP contribution in [0.25, 0.3) is 0 Å². The SMILES string of the molecule is Cc1[nH]c(SCC(=O)Nc2sc3c(c2C(N)=O)CCC3)nc1Cc1ccccc1. The molecule has 0 spiro atoms. The first-order valence-corrected chi connectivity index (χ1v) is 11.3. The van der Waals surface area contributed by atoms with Crippen LogP contribution in [0.2, 0.25) is 0 Å². The minimum Gasteiger partial charge on any atom is -0.365 e. The second-order valence-corrected chi connectivity index (χ2v) is 9.11. The molecule has 3 aromatic rings. The molecule has 0 unspecified atom stereocenters. The van der Waals surface area contributed by atoms with Crippen molar-refractivity contribution in [1.29, 1.82) is 0 Å². The van der Waals surface area contributed by atoms with E-state index in [0.717, 1.165) is 47.5 Å². The number of thioether (sulfide) groups is 1. The summed E-state index contributed by atoms with van der Waals surface area (Å²) in [5.41, 5.74) is 10.2. The summed E-state index contributed by atoms with van der Waals surface area (Å²) in [7, 11) is 0. The van der Waals surface area contributed by atoms with Crippen LogP contribution in [0.15, 0.2) is 35.5 Å². The second-order valence-electron chi connectivity index (χ2n) is 7.04. The van der Waals surface area contributed by atoms with Crippen LogP contribution in [-0.2, 0) is 24.1 Å². The number of amides is 2. The number of anilines is 1. The maximum absolute atomic E-state index is 12.5. The smallest absolute Gasteiger partial charge is 0.251 e. The average molecular weight is 427 g/mol. The van der Waals surface area contributed by atoms with Crippen molar-refractivity contribution in [3.8, 4) is 0 Å². The van der Waals surface area contributed by atoms with Gasteiger partial charge in [0.15, 0.2) is 5.16 Å². The van der Waals surface area contributed by atoms with Crippen LogP contribution in [0.3, 0.4) is 0 Å². The lowest BCUT2D eigenvalue weighted by Crippen LogP contribution is -2.18. The number of benzene rings is 1. The van der Waals surface area contributed by atoms with E-state index in [2.05, 4.69) is 27.4 Å². The first-order valence-electron chi connectivity index (χ1n) is 9.47. The van der Waals surface area contributed by atoms with E-state index >= 15 is 0 Å². The Bertz CT molecular complexity index is 1060. The summed E-state index contributed by atoms with van der Waals surface area (Å²) in [5, 5.41) is 4.16. The number of nitrogens with zero attached hydrogens (tertiary/aromatic N) is 1. The number of nitrogens with one attached hydrogen (secondary N) is 2. The minimum absolute atomic E-state index is 0.170. The van der Waals surface area contributed by atoms with Crippen molar-refractivity contribution >= 4 is 39.9 Å². The Balaban J connectivity index is 1.38. The number of aromatic amines is 1. The van der Waals surface area contributed by atoms with Crippen molar-refractivity contribution in [2.45, 2.75) is 37.8 Å². The maximum atomic E-state index is 12.5. The number of nitrogens with two attached hydrogens (primary N) is 1. The number of hydrogen-bond donors (Lipinski definition) is 3. The zero-order chi connectivity index (χ0) is 20.4. The molecule has 2 heterocycles. The lowest BCUT2D eigenvalue weighted by atomic mass is 10.1. The summed E-state index contributed by atoms with van der Waals surface area (Å²) in [6.07, 6.45) is 3.58. The molecule has 150 valence electrons. The van der Waals surface area contributed by atoms with Gasteiger partial charge < -0.3 is 16.0 Å². The molecule has 1 aliphatic carbocycles. The highest BCUT2D eigenvalue weighted by molar-refractivity contribution is 7.99. The van der Waals surface area contributed by atoms with E-state index < -0.39 is 5.91 Å². The van der Waals surface area contributed by atoms with Gasteiger partial charge >= 0.3 is 0 Å². The minimum atomic E-state index is -0.473. The van der Waals surface area contributed by atoms with E-state index in [9.17, 15) is 9.59 Å². The molecule has 6 nitrogen and oxygen atoms in total. The normalized spacial score (nSPS) is 12.7. The Morgan fingerprint density at radius 2 is 2.07 bits per heavy atom. The van der Waals surface area contributed by atoms with Crippen molar-refractivity contribution in [2.75, 3.05) is 11.1 Å². The first kappa shape index (κ1) is 19.7. The summed E-state index contributed by atoms with van der Waals surface area (Å²) in [5.74, 6) is -0.436. The van der Waals surface area contributed by atoms with Gasteiger partial charge in [-0.15, -0.1) is 11.3 Å². The molecule has 4 N–H and O–H groups in total. The number of primary amides is 1. The molecule has 2 aromatic heterocycles. The molecule has 0 bridgehead atoms. The van der Waals surface area contributed by atoms with Crippen LogP contribution in [0.1, 0.15) is 44.2 Å². The molecule has 2 amide bonds. The third-order valence-corrected chi connectivity index (χ3v) is 7.02. The Kier molecular flexibility index (Phi) is 5.73. The number of hydrogen-bond acceptors (Lipinski definition) is 5. The molecule has 4 rings (SSSR count). The monoisotopic (exact) mass is 426 g/mol. The van der Waals surface area contributed by atoms with Crippen LogP contribution in [0, 0.1) is 6.92 Å². The largest absolute Gasteiger partial charge is 0.365 e. The summed E-state index contributed by atoms with van der Waals surface area (Å²) in [6.45, 7) is 1.99. The van der Waals surface area contributed by atoms with Gasteiger partial charge in [0.2, 0.25) is 5.91 Å². The highest BCUT2D eigenvalue weighted by Gasteiger charge is 2.26. The Morgan fingerprint density at radius 3 is 2.83 bits per heavy atom. The fourth-order valence-electron chi connectivity index (χ4n) is 3.55. The van der Waals surface area contributed by atoms with E-state index in [-0.39, 0.29) is 11.7 Å². The van der Waals surface area contributed by atoms with Gasteiger partial charge in [-0.2, -0.15) is 0 Å². The zero-order valence-electron chi connectivity index (χ0n) is 16.1. The third kappa shape index (κ3) is 4.38. The number of H-pyrrole nitrogens is 1. The molecule has 0 saturated heterocycles. The fourth-order valence-corrected chi connectivity index (χ4v) is 5.60. The topological polar surface area (TPSA) is 101 Å². The van der Waals surface area contributed by atoms with Gasteiger partial charge in [-0.3, -0.25) is 9.59 Å². The Hall–Kier alpha value is -2.58. The van der Waals surface area contributed by atoms with Gasteiger partial charge in [-0.25, -0.2) is 4.98 Å². The molecule has 0 atom stereocenters. The first-order chi connectivity index (χ1) is 14.0. The highest BCUT2D eigenvalue weighted by atomic mass is 32.2. The predicted octanol–water partition coefficient (Wildman–Crippen LogP) is 3.69. The molecule has 0 radical (unpaired) electrons. The number of thiophene rings is 1. The molecule has 0 aliphatic heterocycles. The molecule has 8 heteroatoms. The predicted molar refractivity (Wildman–Crippen MR) is 117 cm³/mol. The molecular formula is C21H22N4O2S2. The summed E-state index contributed by atoms with van der Waals surface area (Å²) >= 11 is 2.82. The standard InChI is InChI=1S/C21H22N4O2S2/c1-12-15(10-13-6-3-2-4-7-13)24-21(23-12)28-11-17(26)25-20-18(19(22)27)14-8-5-9-16(14)29-20/h2-4,6-7H,5,8-11H2,1H3,(H2,22,27)(H,23,24)(H,25,26). The van der Waals surface area contributed by atoms with Crippen LogP contribution in [0.5, 0.6) is 0 Å². The fraction of sp³-hybridized carbons (Fsp3) is 0.286. The molecule has 1 aliphatic rings. The second kappa shape index (κ2) is 8.42. The lowest BCUT2D eigenvalue weighted by molar-refractivity contribution is -0.113. The number of fused-ring (bicyclic) bond motifs is 1. The van der Waals surface area contributed by atoms with Crippen molar-refractivity contribution in [3.63, 3.8) is 0 Å². The quantitative estimate of drug-likeness (QED) is 0.502. The van der Waals surface area contributed by atoms with Crippen LogP contribution < -0.4 is 11.1 Å². The van der Waals surface area contributed by atoms with Crippen LogP contribution >= 0.6 is 23.1 Å². The number of rotatable bonds is 7. The Labute approximate surface area is 177 Å². The van der Waals surface area contributed by atoms with Gasteiger partial charge in [0.25, 0.3) is 5.91 Å². The zero-order valence-corrected chi connectivity index (χ0v) is 17.7. The van der Waals surface area contributed by atoms with Gasteiger partial charge in [-0.05, 0) is 37.3 Å². The molecule has 0 saturated carbocycles. The van der Waals surface area contributed by atoms with E-state index in [1.165, 1.54) is 28.7 Å². The third-order valence-electron chi connectivity index (χ3n) is 4.94. The number of aryl methyl sites for hydroxylation is 2. The van der Waals surface area contributed by atoms with Crippen molar-refractivity contribution in [3.05, 3.63) is 63.3 Å². The number of aromatic nitrogens is 2. The number of carbonyl (C=O) groups excluding carboxylic acids is 2. The van der Waals surface area contributed by atoms with Crippen molar-refractivity contribution in [1.82, 2.24) is 9.97 Å². The number of imidazole rings is 1. The van der Waals surface area contributed by atoms with Gasteiger partial charge in [0.1, 0.15) is 5.00 Å². The average Bonchev–Trinajstić information content (AvgIpc) is 3.35.